The molecular formula is C11H18O4. The minimum absolute atomic E-state index is 0.0262. The van der Waals surface area contributed by atoms with Crippen LogP contribution in [0, 0.1) is 11.8 Å². The quantitative estimate of drug-likeness (QED) is 0.766. The molecule has 1 aliphatic heterocycles. The molecule has 0 aromatic carbocycles. The van der Waals surface area contributed by atoms with E-state index in [9.17, 15) is 4.79 Å². The monoisotopic (exact) mass is 214 g/mol. The Balaban J connectivity index is 1.97. The Bertz CT molecular complexity index is 237. The average molecular weight is 214 g/mol. The van der Waals surface area contributed by atoms with E-state index in [1.165, 1.54) is 6.42 Å². The lowest BCUT2D eigenvalue weighted by molar-refractivity contribution is -0.145. The summed E-state index contributed by atoms with van der Waals surface area (Å²) >= 11 is 0. The molecule has 4 heteroatoms. The van der Waals surface area contributed by atoms with Crippen LogP contribution >= 0.6 is 0 Å². The first kappa shape index (κ1) is 10.9. The van der Waals surface area contributed by atoms with Crippen molar-refractivity contribution in [1.82, 2.24) is 0 Å². The number of methoxy groups -OCH3 is 1. The molecule has 0 amide bonds. The number of ether oxygens (including phenoxy) is 2. The summed E-state index contributed by atoms with van der Waals surface area (Å²) < 4.78 is 10.8. The van der Waals surface area contributed by atoms with Crippen LogP contribution in [0.2, 0.25) is 0 Å². The fraction of sp³-hybridized carbons (Fsp3) is 0.909. The van der Waals surface area contributed by atoms with Gasteiger partial charge in [-0.25, -0.2) is 0 Å². The zero-order valence-electron chi connectivity index (χ0n) is 9.02. The Morgan fingerprint density at radius 2 is 2.27 bits per heavy atom. The smallest absolute Gasteiger partial charge is 0.309 e. The molecule has 1 N–H and O–H groups in total. The molecule has 2 fully saturated rings. The zero-order valence-corrected chi connectivity index (χ0v) is 9.02. The lowest BCUT2D eigenvalue weighted by atomic mass is 9.76. The highest BCUT2D eigenvalue weighted by Gasteiger charge is 2.45. The summed E-state index contributed by atoms with van der Waals surface area (Å²) in [5, 5.41) is 9.12. The van der Waals surface area contributed by atoms with E-state index in [0.717, 1.165) is 12.8 Å². The number of aliphatic carboxylic acids is 1. The molecule has 0 bridgehead atoms. The molecule has 3 atom stereocenters. The molecule has 1 aliphatic carbocycles. The van der Waals surface area contributed by atoms with Crippen LogP contribution in [0.4, 0.5) is 0 Å². The van der Waals surface area contributed by atoms with E-state index in [2.05, 4.69) is 0 Å². The topological polar surface area (TPSA) is 55.8 Å². The highest BCUT2D eigenvalue weighted by atomic mass is 16.5. The maximum absolute atomic E-state index is 11.1. The molecule has 0 spiro atoms. The molecule has 15 heavy (non-hydrogen) atoms. The molecule has 3 unspecified atom stereocenters. The van der Waals surface area contributed by atoms with E-state index in [-0.39, 0.29) is 18.1 Å². The third kappa shape index (κ3) is 2.16. The van der Waals surface area contributed by atoms with Crippen molar-refractivity contribution >= 4 is 5.97 Å². The summed E-state index contributed by atoms with van der Waals surface area (Å²) in [6.45, 7) is 0.507. The highest BCUT2D eigenvalue weighted by molar-refractivity contribution is 5.71. The van der Waals surface area contributed by atoms with Crippen molar-refractivity contribution in [3.8, 4) is 0 Å². The molecule has 86 valence electrons. The minimum Gasteiger partial charge on any atom is -0.481 e. The third-order valence-electron chi connectivity index (χ3n) is 3.55. The first-order valence-electron chi connectivity index (χ1n) is 5.59. The van der Waals surface area contributed by atoms with E-state index in [1.807, 2.05) is 0 Å². The van der Waals surface area contributed by atoms with Crippen molar-refractivity contribution in [2.24, 2.45) is 11.8 Å². The average Bonchev–Trinajstić information content (AvgIpc) is 2.46. The molecule has 2 aliphatic rings. The van der Waals surface area contributed by atoms with E-state index in [0.29, 0.717) is 18.9 Å². The SMILES string of the molecule is COCC1CC(C(=O)O)C(C2CCC2)O1. The van der Waals surface area contributed by atoms with Gasteiger partial charge in [0.2, 0.25) is 0 Å². The number of hydrogen-bond acceptors (Lipinski definition) is 3. The van der Waals surface area contributed by atoms with Crippen molar-refractivity contribution in [2.75, 3.05) is 13.7 Å². The molecule has 0 radical (unpaired) electrons. The second-order valence-corrected chi connectivity index (χ2v) is 4.55. The van der Waals surface area contributed by atoms with Crippen LogP contribution in [0.25, 0.3) is 0 Å². The largest absolute Gasteiger partial charge is 0.481 e. The van der Waals surface area contributed by atoms with Gasteiger partial charge in [0.05, 0.1) is 24.7 Å². The maximum atomic E-state index is 11.1. The Morgan fingerprint density at radius 3 is 2.73 bits per heavy atom. The van der Waals surface area contributed by atoms with E-state index >= 15 is 0 Å². The van der Waals surface area contributed by atoms with Gasteiger partial charge in [-0.15, -0.1) is 0 Å². The van der Waals surface area contributed by atoms with E-state index in [4.69, 9.17) is 14.6 Å². The Kier molecular flexibility index (Phi) is 3.26. The molecule has 1 saturated carbocycles. The van der Waals surface area contributed by atoms with Crippen LogP contribution in [0.15, 0.2) is 0 Å². The van der Waals surface area contributed by atoms with Gasteiger partial charge in [-0.1, -0.05) is 6.42 Å². The fourth-order valence-corrected chi connectivity index (χ4v) is 2.53. The maximum Gasteiger partial charge on any atom is 0.309 e. The summed E-state index contributed by atoms with van der Waals surface area (Å²) in [6.07, 6.45) is 3.96. The lowest BCUT2D eigenvalue weighted by Crippen LogP contribution is -2.35. The van der Waals surface area contributed by atoms with Crippen molar-refractivity contribution in [2.45, 2.75) is 37.9 Å². The molecular weight excluding hydrogens is 196 g/mol. The molecule has 1 heterocycles. The van der Waals surface area contributed by atoms with Gasteiger partial charge in [-0.05, 0) is 25.2 Å². The lowest BCUT2D eigenvalue weighted by Gasteiger charge is -2.32. The van der Waals surface area contributed by atoms with Crippen LogP contribution in [0.3, 0.4) is 0 Å². The highest BCUT2D eigenvalue weighted by Crippen LogP contribution is 2.40. The van der Waals surface area contributed by atoms with Gasteiger partial charge in [0.15, 0.2) is 0 Å². The Morgan fingerprint density at radius 1 is 1.53 bits per heavy atom. The van der Waals surface area contributed by atoms with Crippen molar-refractivity contribution in [1.29, 1.82) is 0 Å². The number of carbonyl (C=O) groups is 1. The zero-order chi connectivity index (χ0) is 10.8. The van der Waals surface area contributed by atoms with Crippen molar-refractivity contribution < 1.29 is 19.4 Å². The Labute approximate surface area is 89.6 Å². The first-order valence-corrected chi connectivity index (χ1v) is 5.59. The molecule has 1 saturated heterocycles. The van der Waals surface area contributed by atoms with E-state index < -0.39 is 5.97 Å². The van der Waals surface area contributed by atoms with Crippen LogP contribution in [0.1, 0.15) is 25.7 Å². The number of hydrogen-bond donors (Lipinski definition) is 1. The normalized spacial score (nSPS) is 36.5. The Hall–Kier alpha value is -0.610. The molecule has 4 nitrogen and oxygen atoms in total. The standard InChI is InChI=1S/C11H18O4/c1-14-6-8-5-9(11(12)13)10(15-8)7-3-2-4-7/h7-10H,2-6H2,1H3,(H,12,13). The summed E-state index contributed by atoms with van der Waals surface area (Å²) in [7, 11) is 1.62. The van der Waals surface area contributed by atoms with Gasteiger partial charge in [0.25, 0.3) is 0 Å². The molecule has 0 aromatic rings. The molecule has 0 aromatic heterocycles. The van der Waals surface area contributed by atoms with E-state index in [1.54, 1.807) is 7.11 Å². The van der Waals surface area contributed by atoms with Crippen LogP contribution < -0.4 is 0 Å². The second kappa shape index (κ2) is 4.49. The number of rotatable bonds is 4. The number of carboxylic acid groups (broad SMARTS) is 1. The van der Waals surface area contributed by atoms with Crippen molar-refractivity contribution in [3.05, 3.63) is 0 Å². The summed E-state index contributed by atoms with van der Waals surface area (Å²) in [5.74, 6) is -0.575. The predicted molar refractivity (Wildman–Crippen MR) is 53.6 cm³/mol. The van der Waals surface area contributed by atoms with Crippen LogP contribution in [-0.2, 0) is 14.3 Å². The van der Waals surface area contributed by atoms with Gasteiger partial charge >= 0.3 is 5.97 Å². The fourth-order valence-electron chi connectivity index (χ4n) is 2.53. The molecule has 2 rings (SSSR count). The number of carboxylic acids is 1. The first-order chi connectivity index (χ1) is 7.22. The van der Waals surface area contributed by atoms with Gasteiger partial charge in [0, 0.05) is 7.11 Å². The van der Waals surface area contributed by atoms with Gasteiger partial charge in [0.1, 0.15) is 0 Å². The second-order valence-electron chi connectivity index (χ2n) is 4.55. The van der Waals surface area contributed by atoms with Crippen LogP contribution in [0.5, 0.6) is 0 Å². The minimum atomic E-state index is -0.717. The summed E-state index contributed by atoms with van der Waals surface area (Å²) in [4.78, 5) is 11.1. The van der Waals surface area contributed by atoms with Gasteiger partial charge in [-0.3, -0.25) is 4.79 Å². The van der Waals surface area contributed by atoms with Gasteiger partial charge < -0.3 is 14.6 Å². The summed E-state index contributed by atoms with van der Waals surface area (Å²) in [5.41, 5.74) is 0. The summed E-state index contributed by atoms with van der Waals surface area (Å²) in [6, 6.07) is 0. The predicted octanol–water partition coefficient (Wildman–Crippen LogP) is 1.29. The van der Waals surface area contributed by atoms with Crippen molar-refractivity contribution in [3.63, 3.8) is 0 Å². The third-order valence-corrected chi connectivity index (χ3v) is 3.55. The van der Waals surface area contributed by atoms with Gasteiger partial charge in [-0.2, -0.15) is 0 Å². The van der Waals surface area contributed by atoms with Crippen LogP contribution in [-0.4, -0.2) is 37.0 Å².